The Balaban J connectivity index is 1.79. The van der Waals surface area contributed by atoms with Crippen LogP contribution in [-0.2, 0) is 16.3 Å². The number of sulfone groups is 1. The summed E-state index contributed by atoms with van der Waals surface area (Å²) >= 11 is 0. The maximum atomic E-state index is 11.3. The topological polar surface area (TPSA) is 46.2 Å². The lowest BCUT2D eigenvalue weighted by Gasteiger charge is -2.17. The lowest BCUT2D eigenvalue weighted by Crippen LogP contribution is -2.37. The number of aryl methyl sites for hydroxylation is 2. The molecule has 0 aliphatic carbocycles. The Morgan fingerprint density at radius 1 is 1.42 bits per heavy atom. The molecule has 0 saturated carbocycles. The molecule has 104 valence electrons. The van der Waals surface area contributed by atoms with E-state index in [2.05, 4.69) is 43.4 Å². The van der Waals surface area contributed by atoms with Crippen LogP contribution in [0.1, 0.15) is 24.5 Å². The largest absolute Gasteiger partial charge is 0.307 e. The van der Waals surface area contributed by atoms with E-state index < -0.39 is 9.84 Å². The van der Waals surface area contributed by atoms with Crippen molar-refractivity contribution in [3.63, 3.8) is 0 Å². The Hall–Kier alpha value is -1.13. The van der Waals surface area contributed by atoms with Crippen molar-refractivity contribution in [2.45, 2.75) is 38.8 Å². The highest BCUT2D eigenvalue weighted by molar-refractivity contribution is 7.94. The normalized spacial score (nSPS) is 22.5. The molecule has 1 aliphatic heterocycles. The van der Waals surface area contributed by atoms with Crippen LogP contribution in [0.5, 0.6) is 0 Å². The summed E-state index contributed by atoms with van der Waals surface area (Å²) in [5.41, 5.74) is 2.62. The molecule has 1 N–H and O–H groups in total. The molecule has 1 heterocycles. The van der Waals surface area contributed by atoms with Gasteiger partial charge in [-0.1, -0.05) is 35.9 Å². The van der Waals surface area contributed by atoms with E-state index in [4.69, 9.17) is 0 Å². The monoisotopic (exact) mass is 279 g/mol. The van der Waals surface area contributed by atoms with Gasteiger partial charge < -0.3 is 5.32 Å². The standard InChI is InChI=1S/C15H21NO2S/c1-12-4-3-5-14(10-12)7-6-13(2)16-15-8-9-19(17,18)11-15/h3-5,8-10,13,15-16H,6-7,11H2,1-2H3. The van der Waals surface area contributed by atoms with E-state index in [0.717, 1.165) is 12.8 Å². The summed E-state index contributed by atoms with van der Waals surface area (Å²) in [4.78, 5) is 0. The third-order valence-corrected chi connectivity index (χ3v) is 4.77. The van der Waals surface area contributed by atoms with Crippen molar-refractivity contribution in [1.29, 1.82) is 0 Å². The molecule has 0 saturated heterocycles. The minimum atomic E-state index is -2.96. The molecule has 0 bridgehead atoms. The smallest absolute Gasteiger partial charge is 0.173 e. The van der Waals surface area contributed by atoms with Crippen LogP contribution >= 0.6 is 0 Å². The van der Waals surface area contributed by atoms with Crippen molar-refractivity contribution in [1.82, 2.24) is 5.32 Å². The first kappa shape index (κ1) is 14.3. The second-order valence-corrected chi connectivity index (χ2v) is 7.29. The zero-order chi connectivity index (χ0) is 13.9. The fourth-order valence-electron chi connectivity index (χ4n) is 2.38. The van der Waals surface area contributed by atoms with E-state index in [1.165, 1.54) is 16.5 Å². The van der Waals surface area contributed by atoms with Crippen molar-refractivity contribution >= 4 is 9.84 Å². The first-order valence-corrected chi connectivity index (χ1v) is 8.39. The number of hydrogen-bond acceptors (Lipinski definition) is 3. The quantitative estimate of drug-likeness (QED) is 0.899. The minimum absolute atomic E-state index is 0.0301. The molecule has 0 aromatic heterocycles. The molecule has 0 fully saturated rings. The first-order valence-electron chi connectivity index (χ1n) is 6.67. The van der Waals surface area contributed by atoms with Crippen LogP contribution in [0, 0.1) is 6.92 Å². The lowest BCUT2D eigenvalue weighted by molar-refractivity contribution is 0.489. The maximum Gasteiger partial charge on any atom is 0.173 e. The highest BCUT2D eigenvalue weighted by atomic mass is 32.2. The Morgan fingerprint density at radius 3 is 2.84 bits per heavy atom. The van der Waals surface area contributed by atoms with Crippen molar-refractivity contribution in [3.05, 3.63) is 46.9 Å². The Labute approximate surface area is 115 Å². The number of nitrogens with one attached hydrogen (secondary N) is 1. The average Bonchev–Trinajstić information content (AvgIpc) is 2.66. The van der Waals surface area contributed by atoms with E-state index in [9.17, 15) is 8.42 Å². The number of benzene rings is 1. The van der Waals surface area contributed by atoms with Crippen molar-refractivity contribution in [2.24, 2.45) is 0 Å². The van der Waals surface area contributed by atoms with E-state index in [1.807, 2.05) is 0 Å². The second-order valence-electron chi connectivity index (χ2n) is 5.36. The third kappa shape index (κ3) is 4.48. The van der Waals surface area contributed by atoms with Crippen LogP contribution in [0.4, 0.5) is 0 Å². The summed E-state index contributed by atoms with van der Waals surface area (Å²) in [7, 11) is -2.96. The number of rotatable bonds is 5. The fourth-order valence-corrected chi connectivity index (χ4v) is 3.63. The molecule has 0 amide bonds. The number of hydrogen-bond donors (Lipinski definition) is 1. The molecule has 1 aromatic rings. The van der Waals surface area contributed by atoms with Gasteiger partial charge in [0.1, 0.15) is 0 Å². The van der Waals surface area contributed by atoms with Crippen molar-refractivity contribution in [3.8, 4) is 0 Å². The van der Waals surface area contributed by atoms with Gasteiger partial charge in [0.05, 0.1) is 5.75 Å². The van der Waals surface area contributed by atoms with E-state index in [1.54, 1.807) is 6.08 Å². The predicted molar refractivity (Wildman–Crippen MR) is 78.8 cm³/mol. The van der Waals surface area contributed by atoms with Crippen molar-refractivity contribution in [2.75, 3.05) is 5.75 Å². The molecule has 4 heteroatoms. The minimum Gasteiger partial charge on any atom is -0.307 e. The highest BCUT2D eigenvalue weighted by Gasteiger charge is 2.22. The zero-order valence-electron chi connectivity index (χ0n) is 11.5. The lowest BCUT2D eigenvalue weighted by atomic mass is 10.0. The van der Waals surface area contributed by atoms with Crippen molar-refractivity contribution < 1.29 is 8.42 Å². The molecule has 1 aliphatic rings. The molecule has 2 atom stereocenters. The Morgan fingerprint density at radius 2 is 2.21 bits per heavy atom. The summed E-state index contributed by atoms with van der Waals surface area (Å²) in [6.45, 7) is 4.20. The van der Waals surface area contributed by atoms with Gasteiger partial charge in [0.15, 0.2) is 9.84 Å². The van der Waals surface area contributed by atoms with Gasteiger partial charge in [-0.3, -0.25) is 0 Å². The van der Waals surface area contributed by atoms with Gasteiger partial charge in [-0.2, -0.15) is 0 Å². The van der Waals surface area contributed by atoms with Gasteiger partial charge in [0, 0.05) is 17.5 Å². The average molecular weight is 279 g/mol. The molecule has 0 radical (unpaired) electrons. The van der Waals surface area contributed by atoms with Gasteiger partial charge in [-0.15, -0.1) is 0 Å². The SMILES string of the molecule is Cc1cccc(CCC(C)NC2C=CS(=O)(=O)C2)c1. The maximum absolute atomic E-state index is 11.3. The summed E-state index contributed by atoms with van der Waals surface area (Å²) < 4.78 is 22.6. The van der Waals surface area contributed by atoms with E-state index in [0.29, 0.717) is 6.04 Å². The summed E-state index contributed by atoms with van der Waals surface area (Å²) in [5, 5.41) is 4.67. The molecule has 1 aromatic carbocycles. The van der Waals surface area contributed by atoms with Gasteiger partial charge in [-0.05, 0) is 32.3 Å². The molecule has 0 spiro atoms. The fraction of sp³-hybridized carbons (Fsp3) is 0.467. The molecular weight excluding hydrogens is 258 g/mol. The molecule has 2 unspecified atom stereocenters. The van der Waals surface area contributed by atoms with Crippen LogP contribution in [0.15, 0.2) is 35.7 Å². The van der Waals surface area contributed by atoms with E-state index >= 15 is 0 Å². The second kappa shape index (κ2) is 5.88. The Kier molecular flexibility index (Phi) is 4.42. The van der Waals surface area contributed by atoms with Crippen LogP contribution in [0.3, 0.4) is 0 Å². The van der Waals surface area contributed by atoms with Crippen LogP contribution in [0.25, 0.3) is 0 Å². The van der Waals surface area contributed by atoms with Gasteiger partial charge in [-0.25, -0.2) is 8.42 Å². The van der Waals surface area contributed by atoms with Gasteiger partial charge in [0.2, 0.25) is 0 Å². The van der Waals surface area contributed by atoms with Gasteiger partial charge in [0.25, 0.3) is 0 Å². The summed E-state index contributed by atoms with van der Waals surface area (Å²) in [5.74, 6) is 0.196. The third-order valence-electron chi connectivity index (χ3n) is 3.38. The van der Waals surface area contributed by atoms with Gasteiger partial charge >= 0.3 is 0 Å². The summed E-state index contributed by atoms with van der Waals surface area (Å²) in [6.07, 6.45) is 3.77. The molecule has 2 rings (SSSR count). The zero-order valence-corrected chi connectivity index (χ0v) is 12.3. The summed E-state index contributed by atoms with van der Waals surface area (Å²) in [6, 6.07) is 8.79. The Bertz CT molecular complexity index is 563. The molecule has 19 heavy (non-hydrogen) atoms. The first-order chi connectivity index (χ1) is 8.94. The highest BCUT2D eigenvalue weighted by Crippen LogP contribution is 2.11. The molecule has 3 nitrogen and oxygen atoms in total. The van der Waals surface area contributed by atoms with Crippen LogP contribution < -0.4 is 5.32 Å². The molecular formula is C15H21NO2S. The predicted octanol–water partition coefficient (Wildman–Crippen LogP) is 2.22. The van der Waals surface area contributed by atoms with E-state index in [-0.39, 0.29) is 11.8 Å². The van der Waals surface area contributed by atoms with Crippen LogP contribution in [0.2, 0.25) is 0 Å². The van der Waals surface area contributed by atoms with Crippen LogP contribution in [-0.4, -0.2) is 26.3 Å².